The van der Waals surface area contributed by atoms with Gasteiger partial charge in [-0.1, -0.05) is 6.07 Å². The van der Waals surface area contributed by atoms with Crippen molar-refractivity contribution in [1.82, 2.24) is 10.3 Å². The molecule has 1 N–H and O–H groups in total. The van der Waals surface area contributed by atoms with Gasteiger partial charge in [0.2, 0.25) is 5.88 Å². The predicted molar refractivity (Wildman–Crippen MR) is 55.5 cm³/mol. The molecule has 0 saturated carbocycles. The van der Waals surface area contributed by atoms with Gasteiger partial charge in [-0.05, 0) is 37.9 Å². The molecule has 2 rings (SSSR count). The molecule has 3 heteroatoms. The fourth-order valence-corrected chi connectivity index (χ4v) is 1.96. The van der Waals surface area contributed by atoms with E-state index in [1.54, 1.807) is 13.3 Å². The number of pyridine rings is 1. The monoisotopic (exact) mass is 192 g/mol. The van der Waals surface area contributed by atoms with Gasteiger partial charge in [0.15, 0.2) is 0 Å². The van der Waals surface area contributed by atoms with Gasteiger partial charge in [0, 0.05) is 11.8 Å². The second-order valence-electron chi connectivity index (χ2n) is 3.73. The van der Waals surface area contributed by atoms with E-state index >= 15 is 0 Å². The minimum Gasteiger partial charge on any atom is -0.481 e. The molecule has 0 spiro atoms. The van der Waals surface area contributed by atoms with E-state index in [0.29, 0.717) is 0 Å². The summed E-state index contributed by atoms with van der Waals surface area (Å²) >= 11 is 0. The van der Waals surface area contributed by atoms with Crippen LogP contribution >= 0.6 is 0 Å². The summed E-state index contributed by atoms with van der Waals surface area (Å²) in [6, 6.07) is 4.07. The number of hydrogen-bond acceptors (Lipinski definition) is 3. The highest BCUT2D eigenvalue weighted by Crippen LogP contribution is 2.21. The van der Waals surface area contributed by atoms with Gasteiger partial charge in [-0.15, -0.1) is 0 Å². The van der Waals surface area contributed by atoms with Crippen LogP contribution in [0.4, 0.5) is 0 Å². The summed E-state index contributed by atoms with van der Waals surface area (Å²) in [4.78, 5) is 4.20. The van der Waals surface area contributed by atoms with Crippen molar-refractivity contribution in [3.8, 4) is 5.88 Å². The molecule has 14 heavy (non-hydrogen) atoms. The summed E-state index contributed by atoms with van der Waals surface area (Å²) in [5.74, 6) is 1.52. The van der Waals surface area contributed by atoms with Crippen LogP contribution in [0.15, 0.2) is 18.3 Å². The zero-order valence-corrected chi connectivity index (χ0v) is 8.49. The first kappa shape index (κ1) is 9.46. The zero-order chi connectivity index (χ0) is 9.80. The van der Waals surface area contributed by atoms with E-state index in [9.17, 15) is 0 Å². The van der Waals surface area contributed by atoms with E-state index in [0.717, 1.165) is 31.3 Å². The van der Waals surface area contributed by atoms with Crippen molar-refractivity contribution >= 4 is 0 Å². The molecule has 0 amide bonds. The molecule has 1 aromatic heterocycles. The third-order valence-corrected chi connectivity index (χ3v) is 2.71. The summed E-state index contributed by atoms with van der Waals surface area (Å²) in [5.41, 5.74) is 1.23. The van der Waals surface area contributed by atoms with Gasteiger partial charge in [0.25, 0.3) is 0 Å². The molecule has 1 fully saturated rings. The number of aromatic nitrogens is 1. The molecule has 0 bridgehead atoms. The van der Waals surface area contributed by atoms with Crippen LogP contribution in [0.5, 0.6) is 5.88 Å². The normalized spacial score (nSPS) is 21.1. The maximum Gasteiger partial charge on any atom is 0.216 e. The highest BCUT2D eigenvalue weighted by atomic mass is 16.5. The van der Waals surface area contributed by atoms with E-state index in [4.69, 9.17) is 4.74 Å². The third kappa shape index (κ3) is 2.04. The van der Waals surface area contributed by atoms with Crippen molar-refractivity contribution in [1.29, 1.82) is 0 Å². The van der Waals surface area contributed by atoms with Gasteiger partial charge in [-0.25, -0.2) is 4.98 Å². The summed E-state index contributed by atoms with van der Waals surface area (Å²) in [6.07, 6.45) is 4.11. The first-order valence-electron chi connectivity index (χ1n) is 5.08. The zero-order valence-electron chi connectivity index (χ0n) is 8.49. The van der Waals surface area contributed by atoms with Crippen LogP contribution in [0, 0.1) is 5.92 Å². The highest BCUT2D eigenvalue weighted by molar-refractivity contribution is 5.25. The Morgan fingerprint density at radius 2 is 2.57 bits per heavy atom. The molecule has 3 nitrogen and oxygen atoms in total. The molecule has 1 aromatic rings. The van der Waals surface area contributed by atoms with Crippen LogP contribution < -0.4 is 10.1 Å². The number of rotatable bonds is 3. The van der Waals surface area contributed by atoms with Crippen LogP contribution in [-0.2, 0) is 6.42 Å². The van der Waals surface area contributed by atoms with E-state index in [2.05, 4.69) is 16.4 Å². The van der Waals surface area contributed by atoms with Crippen LogP contribution in [0.3, 0.4) is 0 Å². The van der Waals surface area contributed by atoms with Gasteiger partial charge in [-0.3, -0.25) is 0 Å². The lowest BCUT2D eigenvalue weighted by atomic mass is 10.00. The fraction of sp³-hybridized carbons (Fsp3) is 0.545. The second-order valence-corrected chi connectivity index (χ2v) is 3.73. The molecule has 1 aliphatic rings. The molecule has 0 aromatic carbocycles. The Morgan fingerprint density at radius 3 is 3.29 bits per heavy atom. The van der Waals surface area contributed by atoms with Crippen LogP contribution in [-0.4, -0.2) is 25.2 Å². The van der Waals surface area contributed by atoms with Crippen LogP contribution in [0.25, 0.3) is 0 Å². The van der Waals surface area contributed by atoms with Crippen molar-refractivity contribution in [3.05, 3.63) is 23.9 Å². The Labute approximate surface area is 84.5 Å². The SMILES string of the molecule is COc1ncccc1C[C@H]1CCNC1. The summed E-state index contributed by atoms with van der Waals surface area (Å²) < 4.78 is 5.22. The molecule has 1 atom stereocenters. The van der Waals surface area contributed by atoms with Gasteiger partial charge < -0.3 is 10.1 Å². The van der Waals surface area contributed by atoms with Gasteiger partial charge >= 0.3 is 0 Å². The van der Waals surface area contributed by atoms with Crippen molar-refractivity contribution in [2.45, 2.75) is 12.8 Å². The maximum absolute atomic E-state index is 5.22. The lowest BCUT2D eigenvalue weighted by Gasteiger charge is -2.10. The first-order chi connectivity index (χ1) is 6.90. The molecular weight excluding hydrogens is 176 g/mol. The molecule has 1 saturated heterocycles. The van der Waals surface area contributed by atoms with E-state index in [1.165, 1.54) is 12.0 Å². The van der Waals surface area contributed by atoms with Gasteiger partial charge in [-0.2, -0.15) is 0 Å². The van der Waals surface area contributed by atoms with Crippen molar-refractivity contribution in [2.24, 2.45) is 5.92 Å². The average molecular weight is 192 g/mol. The summed E-state index contributed by atoms with van der Waals surface area (Å²) in [6.45, 7) is 2.27. The number of nitrogens with one attached hydrogen (secondary N) is 1. The number of hydrogen-bond donors (Lipinski definition) is 1. The maximum atomic E-state index is 5.22. The molecule has 76 valence electrons. The Balaban J connectivity index is 2.07. The highest BCUT2D eigenvalue weighted by Gasteiger charge is 2.16. The minimum atomic E-state index is 0.744. The number of nitrogens with zero attached hydrogens (tertiary/aromatic N) is 1. The first-order valence-corrected chi connectivity index (χ1v) is 5.08. The Bertz CT molecular complexity index is 295. The van der Waals surface area contributed by atoms with E-state index in [1.807, 2.05) is 6.07 Å². The standard InChI is InChI=1S/C11H16N2O/c1-14-11-10(3-2-5-13-11)7-9-4-6-12-8-9/h2-3,5,9,12H,4,6-8H2,1H3/t9-/m1/s1. The minimum absolute atomic E-state index is 0.744. The predicted octanol–water partition coefficient (Wildman–Crippen LogP) is 1.24. The van der Waals surface area contributed by atoms with Crippen LogP contribution in [0.1, 0.15) is 12.0 Å². The van der Waals surface area contributed by atoms with E-state index < -0.39 is 0 Å². The summed E-state index contributed by atoms with van der Waals surface area (Å²) in [7, 11) is 1.68. The smallest absolute Gasteiger partial charge is 0.216 e. The fourth-order valence-electron chi connectivity index (χ4n) is 1.96. The Hall–Kier alpha value is -1.09. The van der Waals surface area contributed by atoms with E-state index in [-0.39, 0.29) is 0 Å². The summed E-state index contributed by atoms with van der Waals surface area (Å²) in [5, 5.41) is 3.37. The van der Waals surface area contributed by atoms with Gasteiger partial charge in [0.1, 0.15) is 0 Å². The number of ether oxygens (including phenoxy) is 1. The lowest BCUT2D eigenvalue weighted by molar-refractivity contribution is 0.388. The molecule has 2 heterocycles. The third-order valence-electron chi connectivity index (χ3n) is 2.71. The quantitative estimate of drug-likeness (QED) is 0.782. The van der Waals surface area contributed by atoms with Crippen molar-refractivity contribution < 1.29 is 4.74 Å². The molecule has 0 aliphatic carbocycles. The Kier molecular flexibility index (Phi) is 2.99. The molecular formula is C11H16N2O. The van der Waals surface area contributed by atoms with Gasteiger partial charge in [0.05, 0.1) is 7.11 Å². The molecule has 0 radical (unpaired) electrons. The second kappa shape index (κ2) is 4.42. The molecule has 0 unspecified atom stereocenters. The van der Waals surface area contributed by atoms with Crippen LogP contribution in [0.2, 0.25) is 0 Å². The number of methoxy groups -OCH3 is 1. The Morgan fingerprint density at radius 1 is 1.64 bits per heavy atom. The lowest BCUT2D eigenvalue weighted by Crippen LogP contribution is -2.11. The van der Waals surface area contributed by atoms with Crippen molar-refractivity contribution in [2.75, 3.05) is 20.2 Å². The average Bonchev–Trinajstić information content (AvgIpc) is 2.71. The topological polar surface area (TPSA) is 34.1 Å². The van der Waals surface area contributed by atoms with Crippen molar-refractivity contribution in [3.63, 3.8) is 0 Å². The largest absolute Gasteiger partial charge is 0.481 e. The molecule has 1 aliphatic heterocycles.